The van der Waals surface area contributed by atoms with E-state index in [1.54, 1.807) is 0 Å². The highest BCUT2D eigenvalue weighted by Crippen LogP contribution is 2.39. The number of methoxy groups -OCH3 is 1. The first-order valence-electron chi connectivity index (χ1n) is 6.91. The summed E-state index contributed by atoms with van der Waals surface area (Å²) >= 11 is 5.85. The first kappa shape index (κ1) is 19.5. The third-order valence-electron chi connectivity index (χ3n) is 3.31. The summed E-state index contributed by atoms with van der Waals surface area (Å²) in [6.45, 7) is 0. The average Bonchev–Trinajstić information content (AvgIpc) is 2.60. The predicted molar refractivity (Wildman–Crippen MR) is 92.4 cm³/mol. The monoisotopic (exact) mass is 396 g/mol. The summed E-state index contributed by atoms with van der Waals surface area (Å²) < 4.78 is 4.71. The maximum Gasteiger partial charge on any atom is 0.320 e. The average molecular weight is 397 g/mol. The molecule has 0 aliphatic rings. The Morgan fingerprint density at radius 3 is 2.00 bits per heavy atom. The quantitative estimate of drug-likeness (QED) is 0.572. The van der Waals surface area contributed by atoms with Gasteiger partial charge in [-0.25, -0.2) is 0 Å². The topological polar surface area (TPSA) is 168 Å². The van der Waals surface area contributed by atoms with Gasteiger partial charge in [-0.1, -0.05) is 11.6 Å². The fourth-order valence-electron chi connectivity index (χ4n) is 2.15. The maximum atomic E-state index is 12.3. The molecule has 1 amide bonds. The van der Waals surface area contributed by atoms with E-state index in [0.717, 1.165) is 37.4 Å². The number of nitro benzene ring substituents is 3. The van der Waals surface area contributed by atoms with Crippen LogP contribution in [-0.2, 0) is 0 Å². The molecular formula is C14H9ClN4O8. The standard InChI is InChI=1S/C14H9ClN4O8/c1-27-13-11(18(23)24)4-7(5-12(13)19(25)26)16-14(20)9-6-8(17(21)22)2-3-10(9)15/h2-6H,1H3,(H,16,20). The van der Waals surface area contributed by atoms with Crippen LogP contribution in [0.4, 0.5) is 22.7 Å². The number of nitrogens with one attached hydrogen (secondary N) is 1. The third kappa shape index (κ3) is 4.07. The van der Waals surface area contributed by atoms with Gasteiger partial charge in [0.15, 0.2) is 0 Å². The van der Waals surface area contributed by atoms with Crippen molar-refractivity contribution < 1.29 is 24.3 Å². The van der Waals surface area contributed by atoms with Gasteiger partial charge < -0.3 is 10.1 Å². The predicted octanol–water partition coefficient (Wildman–Crippen LogP) is 3.33. The van der Waals surface area contributed by atoms with E-state index in [1.807, 2.05) is 0 Å². The van der Waals surface area contributed by atoms with Crippen LogP contribution in [0.3, 0.4) is 0 Å². The highest BCUT2D eigenvalue weighted by Gasteiger charge is 2.28. The molecule has 13 heteroatoms. The smallest absolute Gasteiger partial charge is 0.320 e. The van der Waals surface area contributed by atoms with Crippen LogP contribution < -0.4 is 10.1 Å². The molecule has 140 valence electrons. The number of hydrogen-bond donors (Lipinski definition) is 1. The summed E-state index contributed by atoms with van der Waals surface area (Å²) in [5.41, 5.74) is -2.47. The fourth-order valence-corrected chi connectivity index (χ4v) is 2.35. The Bertz CT molecular complexity index is 943. The van der Waals surface area contributed by atoms with Crippen LogP contribution in [0.5, 0.6) is 5.75 Å². The van der Waals surface area contributed by atoms with E-state index in [0.29, 0.717) is 0 Å². The number of nitrogens with zero attached hydrogens (tertiary/aromatic N) is 3. The van der Waals surface area contributed by atoms with E-state index in [9.17, 15) is 35.1 Å². The van der Waals surface area contributed by atoms with Gasteiger partial charge in [0.25, 0.3) is 17.3 Å². The third-order valence-corrected chi connectivity index (χ3v) is 3.64. The molecule has 0 fully saturated rings. The molecule has 0 spiro atoms. The molecule has 12 nitrogen and oxygen atoms in total. The Morgan fingerprint density at radius 2 is 1.56 bits per heavy atom. The lowest BCUT2D eigenvalue weighted by Gasteiger charge is -2.09. The molecular weight excluding hydrogens is 388 g/mol. The summed E-state index contributed by atoms with van der Waals surface area (Å²) in [6.07, 6.45) is 0. The number of nitro groups is 3. The molecule has 0 unspecified atom stereocenters. The normalized spacial score (nSPS) is 10.1. The highest BCUT2D eigenvalue weighted by atomic mass is 35.5. The first-order chi connectivity index (χ1) is 12.6. The van der Waals surface area contributed by atoms with Gasteiger partial charge in [0.2, 0.25) is 0 Å². The number of ether oxygens (including phenoxy) is 1. The summed E-state index contributed by atoms with van der Waals surface area (Å²) in [7, 11) is 1.02. The number of benzene rings is 2. The van der Waals surface area contributed by atoms with E-state index in [2.05, 4.69) is 5.32 Å². The van der Waals surface area contributed by atoms with Crippen LogP contribution >= 0.6 is 11.6 Å². The Balaban J connectivity index is 2.50. The second kappa shape index (κ2) is 7.61. The minimum Gasteiger partial charge on any atom is -0.485 e. The number of anilines is 1. The molecule has 2 rings (SSSR count). The van der Waals surface area contributed by atoms with Crippen molar-refractivity contribution in [3.63, 3.8) is 0 Å². The van der Waals surface area contributed by atoms with E-state index in [-0.39, 0.29) is 16.3 Å². The molecule has 0 atom stereocenters. The van der Waals surface area contributed by atoms with E-state index in [1.165, 1.54) is 0 Å². The lowest BCUT2D eigenvalue weighted by atomic mass is 10.1. The zero-order valence-electron chi connectivity index (χ0n) is 13.4. The van der Waals surface area contributed by atoms with Gasteiger partial charge in [-0.2, -0.15) is 0 Å². The van der Waals surface area contributed by atoms with Gasteiger partial charge in [0.05, 0.1) is 38.2 Å². The van der Waals surface area contributed by atoms with Gasteiger partial charge in [0, 0.05) is 24.3 Å². The SMILES string of the molecule is COc1c([N+](=O)[O-])cc(NC(=O)c2cc([N+](=O)[O-])ccc2Cl)cc1[N+](=O)[O-]. The molecule has 2 aromatic carbocycles. The molecule has 0 saturated carbocycles. The second-order valence-electron chi connectivity index (χ2n) is 4.94. The maximum absolute atomic E-state index is 12.3. The van der Waals surface area contributed by atoms with E-state index in [4.69, 9.17) is 16.3 Å². The van der Waals surface area contributed by atoms with Crippen molar-refractivity contribution in [2.75, 3.05) is 12.4 Å². The number of amides is 1. The Kier molecular flexibility index (Phi) is 5.51. The van der Waals surface area contributed by atoms with Gasteiger partial charge in [0.1, 0.15) is 0 Å². The summed E-state index contributed by atoms with van der Waals surface area (Å²) in [5, 5.41) is 35.2. The van der Waals surface area contributed by atoms with Gasteiger partial charge >= 0.3 is 11.4 Å². The zero-order chi connectivity index (χ0) is 20.3. The second-order valence-corrected chi connectivity index (χ2v) is 5.34. The van der Waals surface area contributed by atoms with Crippen LogP contribution in [-0.4, -0.2) is 27.8 Å². The summed E-state index contributed by atoms with van der Waals surface area (Å²) in [5.74, 6) is -1.53. The van der Waals surface area contributed by atoms with Crippen molar-refractivity contribution in [2.45, 2.75) is 0 Å². The van der Waals surface area contributed by atoms with Gasteiger partial charge in [-0.15, -0.1) is 0 Å². The molecule has 1 N–H and O–H groups in total. The molecule has 0 saturated heterocycles. The lowest BCUT2D eigenvalue weighted by molar-refractivity contribution is -0.395. The van der Waals surface area contributed by atoms with Crippen LogP contribution in [0.1, 0.15) is 10.4 Å². The number of carbonyl (C=O) groups is 1. The zero-order valence-corrected chi connectivity index (χ0v) is 14.1. The molecule has 0 aromatic heterocycles. The largest absolute Gasteiger partial charge is 0.485 e. The van der Waals surface area contributed by atoms with Crippen LogP contribution in [0, 0.1) is 30.3 Å². The van der Waals surface area contributed by atoms with Crippen molar-refractivity contribution in [1.29, 1.82) is 0 Å². The molecule has 0 bridgehead atoms. The van der Waals surface area contributed by atoms with Crippen LogP contribution in [0.25, 0.3) is 0 Å². The number of halogens is 1. The first-order valence-corrected chi connectivity index (χ1v) is 7.29. The number of non-ortho nitro benzene ring substituents is 1. The molecule has 0 radical (unpaired) electrons. The van der Waals surface area contributed by atoms with E-state index < -0.39 is 43.5 Å². The highest BCUT2D eigenvalue weighted by molar-refractivity contribution is 6.34. The van der Waals surface area contributed by atoms with Crippen molar-refractivity contribution in [1.82, 2.24) is 0 Å². The minimum atomic E-state index is -0.947. The van der Waals surface area contributed by atoms with Crippen molar-refractivity contribution in [3.8, 4) is 5.75 Å². The molecule has 27 heavy (non-hydrogen) atoms. The number of hydrogen-bond acceptors (Lipinski definition) is 8. The Hall–Kier alpha value is -3.80. The van der Waals surface area contributed by atoms with Crippen LogP contribution in [0.15, 0.2) is 30.3 Å². The Morgan fingerprint density at radius 1 is 1.00 bits per heavy atom. The molecule has 0 aliphatic heterocycles. The van der Waals surface area contributed by atoms with Crippen molar-refractivity contribution in [3.05, 3.63) is 71.3 Å². The van der Waals surface area contributed by atoms with Gasteiger partial charge in [-0.05, 0) is 6.07 Å². The molecule has 0 heterocycles. The summed E-state index contributed by atoms with van der Waals surface area (Å²) in [4.78, 5) is 42.9. The fraction of sp³-hybridized carbons (Fsp3) is 0.0714. The molecule has 2 aromatic rings. The van der Waals surface area contributed by atoms with Crippen LogP contribution in [0.2, 0.25) is 5.02 Å². The minimum absolute atomic E-state index is 0.115. The van der Waals surface area contributed by atoms with Crippen molar-refractivity contribution >= 4 is 40.3 Å². The number of carbonyl (C=O) groups excluding carboxylic acids is 1. The number of rotatable bonds is 6. The molecule has 0 aliphatic carbocycles. The van der Waals surface area contributed by atoms with E-state index >= 15 is 0 Å². The lowest BCUT2D eigenvalue weighted by Crippen LogP contribution is -2.13. The summed E-state index contributed by atoms with van der Waals surface area (Å²) in [6, 6.07) is 4.84. The Labute approximate surface area is 154 Å². The van der Waals surface area contributed by atoms with Gasteiger partial charge in [-0.3, -0.25) is 35.1 Å². The van der Waals surface area contributed by atoms with Crippen molar-refractivity contribution in [2.24, 2.45) is 0 Å².